The summed E-state index contributed by atoms with van der Waals surface area (Å²) in [6.07, 6.45) is 2.01. The molecule has 0 bridgehead atoms. The fourth-order valence-electron chi connectivity index (χ4n) is 2.41. The summed E-state index contributed by atoms with van der Waals surface area (Å²) in [7, 11) is 2.01. The quantitative estimate of drug-likeness (QED) is 0.501. The number of hydrogen-bond donors (Lipinski definition) is 0. The van der Waals surface area contributed by atoms with Crippen molar-refractivity contribution in [1.29, 1.82) is 5.26 Å². The monoisotopic (exact) mass is 278 g/mol. The lowest BCUT2D eigenvalue weighted by Gasteiger charge is -2.04. The lowest BCUT2D eigenvalue weighted by atomic mass is 10.0. The minimum absolute atomic E-state index is 1.01. The molecule has 1 aromatic heterocycles. The summed E-state index contributed by atoms with van der Waals surface area (Å²) in [5, 5.41) is 12.2. The van der Waals surface area contributed by atoms with Crippen molar-refractivity contribution in [3.8, 4) is 16.5 Å². The molecule has 0 radical (unpaired) electrons. The van der Waals surface area contributed by atoms with Crippen LogP contribution in [0.2, 0.25) is 0 Å². The molecule has 2 nitrogen and oxygen atoms in total. The number of benzene rings is 2. The van der Waals surface area contributed by atoms with Crippen LogP contribution in [0, 0.1) is 17.6 Å². The number of nitriles is 1. The third kappa shape index (κ3) is 2.19. The number of fused-ring (bicyclic) bond motifs is 1. The van der Waals surface area contributed by atoms with Crippen molar-refractivity contribution >= 4 is 22.7 Å². The highest BCUT2D eigenvalue weighted by molar-refractivity contribution is 8.04. The molecule has 0 saturated carbocycles. The zero-order chi connectivity index (χ0) is 14.1. The molecule has 20 heavy (non-hydrogen) atoms. The van der Waals surface area contributed by atoms with Crippen molar-refractivity contribution in [1.82, 2.24) is 4.57 Å². The molecule has 0 unspecified atom stereocenters. The molecule has 3 rings (SSSR count). The smallest absolute Gasteiger partial charge is 0.138 e. The molecule has 0 aliphatic rings. The number of thiocyanates is 1. The summed E-state index contributed by atoms with van der Waals surface area (Å²) in [6, 6.07) is 14.9. The van der Waals surface area contributed by atoms with Crippen LogP contribution in [-0.2, 0) is 7.05 Å². The van der Waals surface area contributed by atoms with Crippen LogP contribution in [0.5, 0.6) is 0 Å². The van der Waals surface area contributed by atoms with Gasteiger partial charge in [-0.25, -0.2) is 0 Å². The molecule has 0 aliphatic carbocycles. The second-order valence-corrected chi connectivity index (χ2v) is 5.72. The minimum atomic E-state index is 1.01. The molecule has 0 saturated heterocycles. The lowest BCUT2D eigenvalue weighted by Crippen LogP contribution is -1.84. The van der Waals surface area contributed by atoms with Crippen LogP contribution in [0.1, 0.15) is 5.56 Å². The molecule has 0 atom stereocenters. The van der Waals surface area contributed by atoms with Crippen LogP contribution in [0.3, 0.4) is 0 Å². The first-order valence-electron chi connectivity index (χ1n) is 6.41. The fourth-order valence-corrected chi connectivity index (χ4v) is 2.99. The minimum Gasteiger partial charge on any atom is -0.349 e. The van der Waals surface area contributed by atoms with Crippen LogP contribution in [-0.4, -0.2) is 4.57 Å². The molecule has 0 aliphatic heterocycles. The van der Waals surface area contributed by atoms with Gasteiger partial charge in [-0.1, -0.05) is 35.9 Å². The second kappa shape index (κ2) is 5.07. The van der Waals surface area contributed by atoms with E-state index in [2.05, 4.69) is 59.4 Å². The number of aryl methyl sites for hydroxylation is 2. The largest absolute Gasteiger partial charge is 0.349 e. The Labute approximate surface area is 122 Å². The van der Waals surface area contributed by atoms with E-state index in [1.54, 1.807) is 0 Å². The molecular formula is C17H14N2S. The van der Waals surface area contributed by atoms with Crippen LogP contribution in [0.15, 0.2) is 53.6 Å². The summed E-state index contributed by atoms with van der Waals surface area (Å²) in [4.78, 5) is 1.01. The number of rotatable bonds is 2. The number of aromatic nitrogens is 1. The Bertz CT molecular complexity index is 807. The highest BCUT2D eigenvalue weighted by Crippen LogP contribution is 2.32. The Morgan fingerprint density at radius 1 is 1.05 bits per heavy atom. The van der Waals surface area contributed by atoms with Gasteiger partial charge in [-0.15, -0.1) is 0 Å². The molecule has 2 aromatic carbocycles. The second-order valence-electron chi connectivity index (χ2n) is 4.90. The van der Waals surface area contributed by atoms with Gasteiger partial charge in [-0.3, -0.25) is 0 Å². The van der Waals surface area contributed by atoms with Gasteiger partial charge in [0, 0.05) is 29.0 Å². The molecule has 3 aromatic rings. The predicted octanol–water partition coefficient (Wildman–Crippen LogP) is 4.73. The molecule has 0 N–H and O–H groups in total. The van der Waals surface area contributed by atoms with Gasteiger partial charge in [0.1, 0.15) is 5.40 Å². The Morgan fingerprint density at radius 2 is 1.75 bits per heavy atom. The zero-order valence-corrected chi connectivity index (χ0v) is 12.2. The molecule has 98 valence electrons. The highest BCUT2D eigenvalue weighted by Gasteiger charge is 2.08. The van der Waals surface area contributed by atoms with E-state index in [9.17, 15) is 0 Å². The fraction of sp³-hybridized carbons (Fsp3) is 0.118. The van der Waals surface area contributed by atoms with E-state index in [1.165, 1.54) is 28.5 Å². The van der Waals surface area contributed by atoms with E-state index < -0.39 is 0 Å². The molecule has 0 spiro atoms. The number of nitrogens with zero attached hydrogens (tertiary/aromatic N) is 2. The average Bonchev–Trinajstić information content (AvgIpc) is 2.76. The molecular weight excluding hydrogens is 264 g/mol. The van der Waals surface area contributed by atoms with Crippen molar-refractivity contribution in [2.24, 2.45) is 7.05 Å². The van der Waals surface area contributed by atoms with Crippen molar-refractivity contribution in [2.45, 2.75) is 11.8 Å². The maximum absolute atomic E-state index is 8.91. The van der Waals surface area contributed by atoms with E-state index in [1.807, 2.05) is 13.2 Å². The molecule has 1 heterocycles. The van der Waals surface area contributed by atoms with Gasteiger partial charge in [0.2, 0.25) is 0 Å². The first-order valence-corrected chi connectivity index (χ1v) is 7.23. The summed E-state index contributed by atoms with van der Waals surface area (Å²) in [5.74, 6) is 0. The van der Waals surface area contributed by atoms with Crippen LogP contribution in [0.25, 0.3) is 22.0 Å². The molecule has 3 heteroatoms. The average molecular weight is 278 g/mol. The topological polar surface area (TPSA) is 28.7 Å². The lowest BCUT2D eigenvalue weighted by molar-refractivity contribution is 0.958. The van der Waals surface area contributed by atoms with Gasteiger partial charge in [0.05, 0.1) is 0 Å². The van der Waals surface area contributed by atoms with Gasteiger partial charge in [-0.05, 0) is 41.9 Å². The first-order chi connectivity index (χ1) is 9.69. The predicted molar refractivity (Wildman–Crippen MR) is 84.6 cm³/mol. The Hall–Kier alpha value is -2.18. The standard InChI is InChI=1S/C17H14N2S/c1-12-3-5-13(6-4-12)14-7-8-16-15(9-14)17(20-11-18)10-19(16)2/h3-10H,1-2H3. The summed E-state index contributed by atoms with van der Waals surface area (Å²) >= 11 is 1.22. The van der Waals surface area contributed by atoms with E-state index in [0.29, 0.717) is 0 Å². The SMILES string of the molecule is Cc1ccc(-c2ccc3c(c2)c(SC#N)cn3C)cc1. The van der Waals surface area contributed by atoms with Crippen molar-refractivity contribution in [2.75, 3.05) is 0 Å². The molecule has 0 fully saturated rings. The Balaban J connectivity index is 2.16. The van der Waals surface area contributed by atoms with E-state index in [-0.39, 0.29) is 0 Å². The van der Waals surface area contributed by atoms with E-state index in [0.717, 1.165) is 15.8 Å². The summed E-state index contributed by atoms with van der Waals surface area (Å²) in [6.45, 7) is 2.09. The third-order valence-corrected chi connectivity index (χ3v) is 4.13. The van der Waals surface area contributed by atoms with E-state index >= 15 is 0 Å². The third-order valence-electron chi connectivity index (χ3n) is 3.49. The zero-order valence-electron chi connectivity index (χ0n) is 11.4. The van der Waals surface area contributed by atoms with Gasteiger partial charge < -0.3 is 4.57 Å². The molecule has 0 amide bonds. The maximum atomic E-state index is 8.91. The number of hydrogen-bond acceptors (Lipinski definition) is 2. The Kier molecular flexibility index (Phi) is 3.25. The van der Waals surface area contributed by atoms with Gasteiger partial charge in [0.25, 0.3) is 0 Å². The Morgan fingerprint density at radius 3 is 2.45 bits per heavy atom. The van der Waals surface area contributed by atoms with Gasteiger partial charge in [-0.2, -0.15) is 5.26 Å². The summed E-state index contributed by atoms with van der Waals surface area (Å²) < 4.78 is 2.06. The van der Waals surface area contributed by atoms with Gasteiger partial charge in [0.15, 0.2) is 0 Å². The van der Waals surface area contributed by atoms with Crippen LogP contribution in [0.4, 0.5) is 0 Å². The highest BCUT2D eigenvalue weighted by atomic mass is 32.2. The normalized spacial score (nSPS) is 10.7. The number of thioether (sulfide) groups is 1. The van der Waals surface area contributed by atoms with Crippen molar-refractivity contribution in [3.63, 3.8) is 0 Å². The first kappa shape index (κ1) is 12.8. The van der Waals surface area contributed by atoms with Gasteiger partial charge >= 0.3 is 0 Å². The van der Waals surface area contributed by atoms with Crippen molar-refractivity contribution in [3.05, 3.63) is 54.2 Å². The maximum Gasteiger partial charge on any atom is 0.138 e. The summed E-state index contributed by atoms with van der Waals surface area (Å²) in [5.41, 5.74) is 4.80. The van der Waals surface area contributed by atoms with Crippen molar-refractivity contribution < 1.29 is 0 Å². The van der Waals surface area contributed by atoms with Crippen LogP contribution >= 0.6 is 11.8 Å². The van der Waals surface area contributed by atoms with Crippen LogP contribution < -0.4 is 0 Å². The van der Waals surface area contributed by atoms with E-state index in [4.69, 9.17) is 5.26 Å².